The molecule has 96 valence electrons. The van der Waals surface area contributed by atoms with Gasteiger partial charge in [0.25, 0.3) is 0 Å². The lowest BCUT2D eigenvalue weighted by Gasteiger charge is -2.03. The molecule has 2 aromatic rings. The maximum Gasteiger partial charge on any atom is 0.343 e. The van der Waals surface area contributed by atoms with Crippen molar-refractivity contribution in [2.45, 2.75) is 16.8 Å². The molecule has 2 aromatic heterocycles. The van der Waals surface area contributed by atoms with E-state index >= 15 is 0 Å². The molecule has 0 aliphatic rings. The van der Waals surface area contributed by atoms with Gasteiger partial charge in [0.15, 0.2) is 11.0 Å². The number of nitrogens with one attached hydrogen (secondary N) is 1. The van der Waals surface area contributed by atoms with E-state index in [9.17, 15) is 4.79 Å². The summed E-state index contributed by atoms with van der Waals surface area (Å²) in [5.41, 5.74) is -0.283. The van der Waals surface area contributed by atoms with Crippen molar-refractivity contribution in [3.8, 4) is 0 Å². The molecule has 0 fully saturated rings. The van der Waals surface area contributed by atoms with Crippen molar-refractivity contribution >= 4 is 23.4 Å². The van der Waals surface area contributed by atoms with Crippen LogP contribution in [0.3, 0.4) is 0 Å². The number of halogens is 1. The van der Waals surface area contributed by atoms with Gasteiger partial charge in [-0.05, 0) is 11.8 Å². The fraction of sp³-hybridized carbons (Fsp3) is 0.333. The van der Waals surface area contributed by atoms with Crippen molar-refractivity contribution < 1.29 is 4.74 Å². The maximum atomic E-state index is 11.2. The van der Waals surface area contributed by atoms with Gasteiger partial charge in [0.2, 0.25) is 0 Å². The third kappa shape index (κ3) is 2.89. The zero-order chi connectivity index (χ0) is 13.1. The number of aromatic nitrogens is 5. The number of nitrogens with zero attached hydrogens (tertiary/aromatic N) is 4. The first-order valence-electron chi connectivity index (χ1n) is 4.92. The Kier molecular flexibility index (Phi) is 4.00. The molecule has 9 heteroatoms. The molecule has 0 atom stereocenters. The summed E-state index contributed by atoms with van der Waals surface area (Å²) >= 11 is 7.10. The summed E-state index contributed by atoms with van der Waals surface area (Å²) in [5.74, 6) is 0.480. The molecule has 2 heterocycles. The Labute approximate surface area is 112 Å². The third-order valence-electron chi connectivity index (χ3n) is 2.03. The van der Waals surface area contributed by atoms with Crippen molar-refractivity contribution in [1.82, 2.24) is 24.7 Å². The van der Waals surface area contributed by atoms with Crippen LogP contribution in [0.4, 0.5) is 0 Å². The maximum absolute atomic E-state index is 11.2. The van der Waals surface area contributed by atoms with Gasteiger partial charge in [-0.25, -0.2) is 19.9 Å². The fourth-order valence-corrected chi connectivity index (χ4v) is 2.29. The van der Waals surface area contributed by atoms with E-state index < -0.39 is 0 Å². The van der Waals surface area contributed by atoms with Crippen LogP contribution in [-0.4, -0.2) is 31.8 Å². The Bertz CT molecular complexity index is 611. The predicted octanol–water partition coefficient (Wildman–Crippen LogP) is 0.849. The summed E-state index contributed by atoms with van der Waals surface area (Å²) in [4.78, 5) is 19.5. The van der Waals surface area contributed by atoms with Crippen molar-refractivity contribution in [3.63, 3.8) is 0 Å². The normalized spacial score (nSPS) is 10.8. The highest BCUT2D eigenvalue weighted by atomic mass is 35.5. The van der Waals surface area contributed by atoms with Crippen LogP contribution in [0.15, 0.2) is 21.0 Å². The summed E-state index contributed by atoms with van der Waals surface area (Å²) in [6, 6.07) is 1.60. The van der Waals surface area contributed by atoms with E-state index in [0.717, 1.165) is 0 Å². The second-order valence-electron chi connectivity index (χ2n) is 3.35. The van der Waals surface area contributed by atoms with Gasteiger partial charge in [-0.1, -0.05) is 11.6 Å². The minimum Gasteiger partial charge on any atom is -0.377 e. The minimum atomic E-state index is -0.283. The number of hydrogen-bond acceptors (Lipinski definition) is 6. The minimum absolute atomic E-state index is 0.271. The first-order valence-corrected chi connectivity index (χ1v) is 6.11. The summed E-state index contributed by atoms with van der Waals surface area (Å²) in [5, 5.41) is 7.64. The zero-order valence-corrected chi connectivity index (χ0v) is 11.2. The molecule has 7 nitrogen and oxygen atoms in total. The molecule has 0 spiro atoms. The van der Waals surface area contributed by atoms with Crippen molar-refractivity contribution in [1.29, 1.82) is 0 Å². The van der Waals surface area contributed by atoms with Crippen molar-refractivity contribution in [2.75, 3.05) is 7.11 Å². The molecule has 0 aliphatic heterocycles. The van der Waals surface area contributed by atoms with Crippen molar-refractivity contribution in [3.05, 3.63) is 27.5 Å². The number of methoxy groups -OCH3 is 1. The van der Waals surface area contributed by atoms with Gasteiger partial charge >= 0.3 is 5.69 Å². The van der Waals surface area contributed by atoms with Crippen LogP contribution in [-0.2, 0) is 18.4 Å². The molecular formula is C9H10ClN5O2S. The average molecular weight is 288 g/mol. The van der Waals surface area contributed by atoms with Gasteiger partial charge in [-0.2, -0.15) is 0 Å². The Morgan fingerprint density at radius 1 is 1.56 bits per heavy atom. The molecule has 0 unspecified atom stereocenters. The van der Waals surface area contributed by atoms with Crippen LogP contribution in [0.5, 0.6) is 0 Å². The lowest BCUT2D eigenvalue weighted by Crippen LogP contribution is -2.12. The Morgan fingerprint density at radius 3 is 2.94 bits per heavy atom. The van der Waals surface area contributed by atoms with Crippen LogP contribution in [0.1, 0.15) is 5.82 Å². The smallest absolute Gasteiger partial charge is 0.343 e. The molecule has 0 radical (unpaired) electrons. The largest absolute Gasteiger partial charge is 0.377 e. The monoisotopic (exact) mass is 287 g/mol. The number of rotatable bonds is 4. The van der Waals surface area contributed by atoms with Gasteiger partial charge in [-0.3, -0.25) is 4.57 Å². The van der Waals surface area contributed by atoms with Crippen LogP contribution >= 0.6 is 23.4 Å². The molecule has 0 saturated heterocycles. The SMILES string of the molecule is COCc1nc(Cl)cc(Sc2n[nH]c(=O)n2C)n1. The van der Waals surface area contributed by atoms with E-state index in [1.54, 1.807) is 20.2 Å². The van der Waals surface area contributed by atoms with E-state index in [4.69, 9.17) is 16.3 Å². The number of aromatic amines is 1. The van der Waals surface area contributed by atoms with Gasteiger partial charge in [-0.15, -0.1) is 5.10 Å². The third-order valence-corrected chi connectivity index (χ3v) is 3.19. The van der Waals surface area contributed by atoms with Gasteiger partial charge in [0, 0.05) is 20.2 Å². The molecule has 2 rings (SSSR count). The second-order valence-corrected chi connectivity index (χ2v) is 4.73. The van der Waals surface area contributed by atoms with Crippen LogP contribution in [0, 0.1) is 0 Å². The van der Waals surface area contributed by atoms with E-state index in [1.165, 1.54) is 16.3 Å². The zero-order valence-electron chi connectivity index (χ0n) is 9.68. The summed E-state index contributed by atoms with van der Waals surface area (Å²) < 4.78 is 6.33. The van der Waals surface area contributed by atoms with Crippen LogP contribution < -0.4 is 5.69 Å². The van der Waals surface area contributed by atoms with E-state index in [-0.39, 0.29) is 12.3 Å². The second kappa shape index (κ2) is 5.51. The first-order chi connectivity index (χ1) is 8.60. The summed E-state index contributed by atoms with van der Waals surface area (Å²) in [7, 11) is 3.17. The van der Waals surface area contributed by atoms with Gasteiger partial charge < -0.3 is 4.74 Å². The Hall–Kier alpha value is -1.38. The van der Waals surface area contributed by atoms with Gasteiger partial charge in [0.1, 0.15) is 16.8 Å². The van der Waals surface area contributed by atoms with E-state index in [0.29, 0.717) is 21.2 Å². The molecule has 0 bridgehead atoms. The number of ether oxygens (including phenoxy) is 1. The quantitative estimate of drug-likeness (QED) is 0.839. The Balaban J connectivity index is 2.28. The van der Waals surface area contributed by atoms with E-state index in [1.807, 2.05) is 0 Å². The highest BCUT2D eigenvalue weighted by molar-refractivity contribution is 7.99. The molecule has 18 heavy (non-hydrogen) atoms. The topological polar surface area (TPSA) is 85.7 Å². The number of H-pyrrole nitrogens is 1. The Morgan fingerprint density at radius 2 is 2.33 bits per heavy atom. The molecule has 0 aromatic carbocycles. The molecular weight excluding hydrogens is 278 g/mol. The predicted molar refractivity (Wildman–Crippen MR) is 65.7 cm³/mol. The fourth-order valence-electron chi connectivity index (χ4n) is 1.21. The highest BCUT2D eigenvalue weighted by Gasteiger charge is 2.10. The molecule has 0 aliphatic carbocycles. The number of hydrogen-bond donors (Lipinski definition) is 1. The summed E-state index contributed by atoms with van der Waals surface area (Å²) in [6.45, 7) is 0.271. The molecule has 0 saturated carbocycles. The van der Waals surface area contributed by atoms with Gasteiger partial charge in [0.05, 0.1) is 0 Å². The molecule has 0 amide bonds. The van der Waals surface area contributed by atoms with Crippen LogP contribution in [0.25, 0.3) is 0 Å². The van der Waals surface area contributed by atoms with E-state index in [2.05, 4.69) is 20.2 Å². The lowest BCUT2D eigenvalue weighted by molar-refractivity contribution is 0.177. The lowest BCUT2D eigenvalue weighted by atomic mass is 10.6. The standard InChI is InChI=1S/C9H10ClN5O2S/c1-15-8(16)13-14-9(15)18-7-3-5(10)11-6(12-7)4-17-2/h3H,4H2,1-2H3,(H,13,16). The average Bonchev–Trinajstić information content (AvgIpc) is 2.61. The highest BCUT2D eigenvalue weighted by Crippen LogP contribution is 2.24. The van der Waals surface area contributed by atoms with Crippen molar-refractivity contribution in [2.24, 2.45) is 7.05 Å². The summed E-state index contributed by atoms with van der Waals surface area (Å²) in [6.07, 6.45) is 0. The molecule has 1 N–H and O–H groups in total. The first kappa shape index (κ1) is 13.1. The van der Waals surface area contributed by atoms with Crippen LogP contribution in [0.2, 0.25) is 5.15 Å².